The predicted octanol–water partition coefficient (Wildman–Crippen LogP) is 30.8. The maximum atomic E-state index is 8.20. The van der Waals surface area contributed by atoms with E-state index in [-0.39, 0.29) is 22.3 Å². The van der Waals surface area contributed by atoms with Crippen molar-refractivity contribution in [2.45, 2.75) is 103 Å². The lowest BCUT2D eigenvalue weighted by Gasteiger charge is -2.09. The first-order valence-electron chi connectivity index (χ1n) is 55.5. The van der Waals surface area contributed by atoms with Crippen LogP contribution in [-0.2, 0) is 35.2 Å². The summed E-state index contributed by atoms with van der Waals surface area (Å²) in [6.07, 6.45) is 8.93. The molecule has 0 N–H and O–H groups in total. The Bertz CT molecular complexity index is 10200. The third kappa shape index (κ3) is 14.7. The average Bonchev–Trinajstić information content (AvgIpc) is 1.58. The molecule has 15 aromatic carbocycles. The first-order chi connectivity index (χ1) is 73.7. The van der Waals surface area contributed by atoms with Crippen molar-refractivity contribution < 1.29 is 73.7 Å². The van der Waals surface area contributed by atoms with Crippen molar-refractivity contribution >= 4 is 164 Å². The number of rotatable bonds is 5. The number of aromatic nitrogens is 5. The quantitative estimate of drug-likeness (QED) is 0.160. The van der Waals surface area contributed by atoms with Crippen LogP contribution in [0.15, 0.2) is 326 Å². The fraction of sp³-hybridized carbons (Fsp3) is 0.160. The second-order valence-corrected chi connectivity index (χ2v) is 35.8. The minimum Gasteiger partial charge on any atom is -0.454 e. The first kappa shape index (κ1) is 65.0. The van der Waals surface area contributed by atoms with Crippen LogP contribution in [0.3, 0.4) is 0 Å². The zero-order valence-electron chi connectivity index (χ0n) is 98.1. The molecule has 0 radical (unpaired) electrons. The van der Waals surface area contributed by atoms with E-state index in [9.17, 15) is 0 Å². The van der Waals surface area contributed by atoms with E-state index in [1.807, 2.05) is 265 Å². The van der Waals surface area contributed by atoms with E-state index < -0.39 is 48.0 Å². The number of fused-ring (bicyclic) bond motifs is 25. The number of pyridine rings is 5. The van der Waals surface area contributed by atoms with Crippen LogP contribution < -0.4 is 22.8 Å². The van der Waals surface area contributed by atoms with Crippen LogP contribution in [0, 0.1) is 103 Å². The highest BCUT2D eigenvalue weighted by Gasteiger charge is 2.30. The van der Waals surface area contributed by atoms with Crippen molar-refractivity contribution in [3.63, 3.8) is 0 Å². The summed E-state index contributed by atoms with van der Waals surface area (Å²) in [7, 11) is 9.45. The second-order valence-electron chi connectivity index (χ2n) is 35.8. The average molecular weight is 1780 g/mol. The van der Waals surface area contributed by atoms with Crippen molar-refractivity contribution in [2.75, 3.05) is 0 Å². The summed E-state index contributed by atoms with van der Waals surface area (Å²) < 4.78 is 210. The first-order valence-corrected chi connectivity index (χ1v) is 45.0. The molecular formula is C125H110N5O5+5. The molecule has 0 aliphatic heterocycles. The van der Waals surface area contributed by atoms with Gasteiger partial charge >= 0.3 is 0 Å². The normalized spacial score (nSPS) is 14.7. The molecule has 10 nitrogen and oxygen atoms in total. The molecule has 0 saturated carbocycles. The van der Waals surface area contributed by atoms with E-state index in [2.05, 4.69) is 66.9 Å². The molecule has 0 saturated heterocycles. The van der Waals surface area contributed by atoms with Crippen LogP contribution in [0.4, 0.5) is 0 Å². The Balaban J connectivity index is 0.000000113. The summed E-state index contributed by atoms with van der Waals surface area (Å²) in [5.41, 5.74) is 24.4. The van der Waals surface area contributed by atoms with Gasteiger partial charge in [-0.2, -0.15) is 0 Å². The lowest BCUT2D eigenvalue weighted by atomic mass is 9.95. The van der Waals surface area contributed by atoms with Gasteiger partial charge in [0.15, 0.2) is 31.0 Å². The van der Waals surface area contributed by atoms with Gasteiger partial charge in [0.05, 0.1) is 27.8 Å². The van der Waals surface area contributed by atoms with Crippen molar-refractivity contribution in [3.8, 4) is 56.3 Å². The van der Waals surface area contributed by atoms with Gasteiger partial charge in [0.2, 0.25) is 28.5 Å². The van der Waals surface area contributed by atoms with E-state index in [0.717, 1.165) is 204 Å². The fourth-order valence-corrected chi connectivity index (χ4v) is 20.1. The Morgan fingerprint density at radius 1 is 0.185 bits per heavy atom. The Morgan fingerprint density at radius 3 is 0.859 bits per heavy atom. The molecular weight excluding hydrogens is 1650 g/mol. The number of hydrogen-bond acceptors (Lipinski definition) is 5. The van der Waals surface area contributed by atoms with Crippen molar-refractivity contribution in [1.82, 2.24) is 0 Å². The summed E-state index contributed by atoms with van der Waals surface area (Å²) in [6.45, 7) is -0.335. The lowest BCUT2D eigenvalue weighted by molar-refractivity contribution is -0.660. The monoisotopic (exact) mass is 1780 g/mol. The van der Waals surface area contributed by atoms with Gasteiger partial charge in [-0.1, -0.05) is 188 Å². The van der Waals surface area contributed by atoms with Crippen LogP contribution in [0.2, 0.25) is 0 Å². The summed E-state index contributed by atoms with van der Waals surface area (Å²) in [6, 6.07) is 88.5. The van der Waals surface area contributed by atoms with Crippen LogP contribution in [0.5, 0.6) is 0 Å². The van der Waals surface area contributed by atoms with Gasteiger partial charge in [-0.05, 0) is 240 Å². The summed E-state index contributed by atoms with van der Waals surface area (Å²) in [5.74, 6) is 0. The van der Waals surface area contributed by atoms with Gasteiger partial charge in [0.25, 0.3) is 0 Å². The molecule has 660 valence electrons. The molecule has 25 aromatic rings. The van der Waals surface area contributed by atoms with Crippen LogP contribution in [0.25, 0.3) is 220 Å². The zero-order valence-corrected chi connectivity index (χ0v) is 77.1. The number of hydrogen-bond donors (Lipinski definition) is 0. The Morgan fingerprint density at radius 2 is 0.489 bits per heavy atom. The lowest BCUT2D eigenvalue weighted by Crippen LogP contribution is -2.31. The molecule has 0 spiro atoms. The van der Waals surface area contributed by atoms with Gasteiger partial charge in [-0.15, -0.1) is 0 Å². The Hall–Kier alpha value is -15.7. The topological polar surface area (TPSA) is 85.1 Å². The molecule has 0 aliphatic rings. The molecule has 10 aromatic heterocycles. The van der Waals surface area contributed by atoms with E-state index in [1.165, 1.54) is 0 Å². The van der Waals surface area contributed by atoms with Crippen LogP contribution >= 0.6 is 0 Å². The van der Waals surface area contributed by atoms with Gasteiger partial charge in [0, 0.05) is 169 Å². The molecule has 10 heteroatoms. The van der Waals surface area contributed by atoms with Crippen molar-refractivity contribution in [3.05, 3.63) is 387 Å². The highest BCUT2D eigenvalue weighted by atomic mass is 16.3. The minimum atomic E-state index is -2.33. The van der Waals surface area contributed by atoms with Crippen LogP contribution in [-0.4, -0.2) is 0 Å². The van der Waals surface area contributed by atoms with Gasteiger partial charge in [-0.25, -0.2) is 22.8 Å². The van der Waals surface area contributed by atoms with E-state index in [0.29, 0.717) is 77.3 Å². The highest BCUT2D eigenvalue weighted by molar-refractivity contribution is 6.23. The molecule has 25 rings (SSSR count). The summed E-state index contributed by atoms with van der Waals surface area (Å²) in [5, 5.41) is 18.0. The zero-order chi connectivity index (χ0) is 111. The van der Waals surface area contributed by atoms with E-state index >= 15 is 0 Å². The third-order valence-electron chi connectivity index (χ3n) is 26.8. The van der Waals surface area contributed by atoms with Gasteiger partial charge < -0.3 is 22.1 Å². The standard InChI is InChI=1S/C26H24NO.3C25H22NO.C24H20NO/c1-15-13-22(27(5)14-18(15)4)24-17(3)12-16(2)23-21-11-10-19-8-6-7-9-20(19)25(21)28-26(23)24;1-15-9-12-21(26(4)14-15)23-17(3)13-16(2)22-20-11-10-18-7-5-6-8-19(18)24(20)27-25(22)23;1-15-9-11-21-20-12-10-18-7-5-6-8-19(18)24(20)27-25(21)23(15)22-13-16(2)17(3)14-26(22)4;1-15-11-12-26(4)21(13-15)23-17(3)14-16(2)22-20-10-9-18-7-5-6-8-19(18)24(20)27-25(22)23;1-15-14-16(2)22(20-10-6-7-13-25(20)3)24-21(15)19-12-11-17-8-4-5-9-18(17)23(19)26-24/h6-14H,1-5H3;3*5-14H,1-4H3;4-14H,1-3H3/q5*+1/i2D3,4D3;1D3,2D3;3D3;2D3;1D3. The summed E-state index contributed by atoms with van der Waals surface area (Å²) in [4.78, 5) is 0. The van der Waals surface area contributed by atoms with Gasteiger partial charge in [0.1, 0.15) is 91.1 Å². The van der Waals surface area contributed by atoms with Crippen LogP contribution in [0.1, 0.15) is 112 Å². The Kier molecular flexibility index (Phi) is 16.3. The van der Waals surface area contributed by atoms with Crippen molar-refractivity contribution in [1.29, 1.82) is 0 Å². The molecule has 0 aliphatic carbocycles. The number of benzene rings is 15. The summed E-state index contributed by atoms with van der Waals surface area (Å²) >= 11 is 0. The van der Waals surface area contributed by atoms with Crippen molar-refractivity contribution in [2.24, 2.45) is 35.2 Å². The maximum absolute atomic E-state index is 8.20. The molecule has 0 amide bonds. The number of nitrogens with zero attached hydrogens (tertiary/aromatic N) is 5. The van der Waals surface area contributed by atoms with E-state index in [1.54, 1.807) is 85.1 Å². The SMILES string of the molecule is [2H]C([2H])([2H])c1c[n+](C)c(-c2c(C)cc(C([2H])([2H])[2H])c3c2oc2c4ccccc4ccc23)cc1C.[2H]C([2H])([2H])c1c[n+](C)c(-c2c(C)ccc3c2oc2c4ccccc4ccc32)cc1C.[2H]C([2H])([2H])c1cc(C)c(-c2cc(C)cc[n+]2C)c2oc3c4ccccc4ccc3c12.[2H]C([2H])([2H])c1cc(C)c(-c2cccc[n+]2C)c2oc3c4ccccc4ccc3c12.[2H]C([2H])([2H])c1ccc(-c2c(C)cc(C([2H])([2H])[2H])c3c2oc2c4ccccc4ccc23)[n+](C)c1. The molecule has 0 unspecified atom stereocenters. The third-order valence-corrected chi connectivity index (χ3v) is 26.8. The molecule has 135 heavy (non-hydrogen) atoms. The molecule has 0 bridgehead atoms. The minimum absolute atomic E-state index is 0.234. The molecule has 10 heterocycles. The highest BCUT2D eigenvalue weighted by Crippen LogP contribution is 2.48. The molecule has 0 atom stereocenters. The smallest absolute Gasteiger partial charge is 0.216 e. The predicted molar refractivity (Wildman–Crippen MR) is 560 cm³/mol. The number of furan rings is 5. The Labute approximate surface area is 815 Å². The number of aryl methyl sites for hydroxylation is 20. The largest absolute Gasteiger partial charge is 0.454 e. The van der Waals surface area contributed by atoms with E-state index in [4.69, 9.17) is 50.9 Å². The fourth-order valence-electron chi connectivity index (χ4n) is 20.1. The molecule has 0 fully saturated rings. The second kappa shape index (κ2) is 33.9. The van der Waals surface area contributed by atoms with Gasteiger partial charge in [-0.3, -0.25) is 0 Å². The maximum Gasteiger partial charge on any atom is 0.216 e.